The van der Waals surface area contributed by atoms with E-state index in [4.69, 9.17) is 0 Å². The quantitative estimate of drug-likeness (QED) is 0.497. The number of benzene rings is 1. The van der Waals surface area contributed by atoms with E-state index < -0.39 is 53.2 Å². The maximum Gasteiger partial charge on any atom is 0.442 e. The van der Waals surface area contributed by atoms with E-state index in [9.17, 15) is 46.1 Å². The largest absolute Gasteiger partial charge is 0.442 e. The molecule has 1 aromatic rings. The highest BCUT2D eigenvalue weighted by atomic mass is 19.4. The van der Waals surface area contributed by atoms with Crippen molar-refractivity contribution < 1.29 is 46.1 Å². The monoisotopic (exact) mass is 466 g/mol. The van der Waals surface area contributed by atoms with Gasteiger partial charge in [0.2, 0.25) is 0 Å². The first-order valence-corrected chi connectivity index (χ1v) is 8.79. The first-order chi connectivity index (χ1) is 14.5. The summed E-state index contributed by atoms with van der Waals surface area (Å²) in [5, 5.41) is 19.8. The smallest absolute Gasteiger partial charge is 0.362 e. The zero-order valence-corrected chi connectivity index (χ0v) is 16.2. The molecular weight excluding hydrogens is 450 g/mol. The molecule has 2 aliphatic heterocycles. The molecule has 2 aliphatic rings. The summed E-state index contributed by atoms with van der Waals surface area (Å²) in [5.41, 5.74) is -4.34. The van der Waals surface area contributed by atoms with E-state index in [1.807, 2.05) is 5.43 Å². The molecule has 174 valence electrons. The molecule has 2 atom stereocenters. The fraction of sp³-hybridized carbons (Fsp3) is 0.333. The lowest BCUT2D eigenvalue weighted by molar-refractivity contribution is -0.299. The third-order valence-electron chi connectivity index (χ3n) is 4.80. The molecule has 32 heavy (non-hydrogen) atoms. The van der Waals surface area contributed by atoms with Gasteiger partial charge in [0, 0.05) is 28.9 Å². The lowest BCUT2D eigenvalue weighted by atomic mass is 10.1. The van der Waals surface area contributed by atoms with Crippen LogP contribution in [-0.2, 0) is 0 Å². The van der Waals surface area contributed by atoms with Crippen LogP contribution in [0.4, 0.5) is 26.3 Å². The number of carbonyl (C=O) groups is 2. The highest BCUT2D eigenvalue weighted by molar-refractivity contribution is 5.98. The third kappa shape index (κ3) is 3.54. The van der Waals surface area contributed by atoms with Gasteiger partial charge < -0.3 is 10.2 Å². The van der Waals surface area contributed by atoms with Crippen molar-refractivity contribution in [1.82, 2.24) is 20.9 Å². The molecule has 0 aliphatic carbocycles. The van der Waals surface area contributed by atoms with Crippen LogP contribution in [-0.4, -0.2) is 55.8 Å². The summed E-state index contributed by atoms with van der Waals surface area (Å²) < 4.78 is 79.7. The number of hydrazine groups is 2. The molecule has 0 saturated carbocycles. The summed E-state index contributed by atoms with van der Waals surface area (Å²) in [7, 11) is 0. The van der Waals surface area contributed by atoms with Crippen LogP contribution in [0.15, 0.2) is 48.3 Å². The van der Waals surface area contributed by atoms with Crippen molar-refractivity contribution >= 4 is 11.8 Å². The molecule has 2 unspecified atom stereocenters. The fourth-order valence-corrected chi connectivity index (χ4v) is 3.20. The van der Waals surface area contributed by atoms with Crippen molar-refractivity contribution in [2.45, 2.75) is 37.1 Å². The molecule has 0 radical (unpaired) electrons. The number of hydrogen-bond donors (Lipinski definition) is 4. The average molecular weight is 466 g/mol. The molecule has 1 fully saturated rings. The first kappa shape index (κ1) is 23.4. The van der Waals surface area contributed by atoms with E-state index in [0.29, 0.717) is 6.08 Å². The zero-order valence-electron chi connectivity index (χ0n) is 16.2. The lowest BCUT2D eigenvalue weighted by Crippen LogP contribution is -2.60. The number of carbonyl (C=O) groups excluding carboxylic acids is 2. The van der Waals surface area contributed by atoms with Crippen LogP contribution in [0.25, 0.3) is 0 Å². The Morgan fingerprint density at radius 2 is 1.41 bits per heavy atom. The number of aliphatic hydroxyl groups is 2. The highest BCUT2D eigenvalue weighted by Crippen LogP contribution is 2.41. The Bertz CT molecular complexity index is 1010. The van der Waals surface area contributed by atoms with Gasteiger partial charge in [-0.2, -0.15) is 26.3 Å². The van der Waals surface area contributed by atoms with Gasteiger partial charge in [-0.05, 0) is 37.3 Å². The molecule has 1 aromatic carbocycles. The van der Waals surface area contributed by atoms with E-state index in [2.05, 4.69) is 12.0 Å². The van der Waals surface area contributed by atoms with Gasteiger partial charge in [0.15, 0.2) is 0 Å². The predicted octanol–water partition coefficient (Wildman–Crippen LogP) is 1.92. The summed E-state index contributed by atoms with van der Waals surface area (Å²) in [6.07, 6.45) is -11.1. The van der Waals surface area contributed by atoms with Gasteiger partial charge in [0.05, 0.1) is 0 Å². The first-order valence-electron chi connectivity index (χ1n) is 8.79. The van der Waals surface area contributed by atoms with Crippen molar-refractivity contribution in [3.05, 3.63) is 59.4 Å². The van der Waals surface area contributed by atoms with Crippen LogP contribution in [0.1, 0.15) is 34.1 Å². The van der Waals surface area contributed by atoms with Crippen molar-refractivity contribution in [3.8, 4) is 0 Å². The maximum atomic E-state index is 13.3. The van der Waals surface area contributed by atoms with E-state index >= 15 is 0 Å². The van der Waals surface area contributed by atoms with Crippen LogP contribution < -0.4 is 10.9 Å². The van der Waals surface area contributed by atoms with E-state index in [-0.39, 0.29) is 21.4 Å². The van der Waals surface area contributed by atoms with Crippen LogP contribution in [0.2, 0.25) is 0 Å². The van der Waals surface area contributed by atoms with Crippen molar-refractivity contribution in [2.75, 3.05) is 0 Å². The number of hydrogen-bond acceptors (Lipinski definition) is 6. The van der Waals surface area contributed by atoms with Gasteiger partial charge >= 0.3 is 12.4 Å². The summed E-state index contributed by atoms with van der Waals surface area (Å²) in [5.74, 6) is -2.65. The van der Waals surface area contributed by atoms with E-state index in [0.717, 1.165) is 24.3 Å². The van der Waals surface area contributed by atoms with Crippen LogP contribution in [0, 0.1) is 0 Å². The van der Waals surface area contributed by atoms with Crippen molar-refractivity contribution in [3.63, 3.8) is 0 Å². The number of nitrogens with one attached hydrogen (secondary N) is 2. The van der Waals surface area contributed by atoms with E-state index in [1.165, 1.54) is 6.92 Å². The highest BCUT2D eigenvalue weighted by Gasteiger charge is 2.63. The van der Waals surface area contributed by atoms with Crippen molar-refractivity contribution in [1.29, 1.82) is 0 Å². The fourth-order valence-electron chi connectivity index (χ4n) is 3.20. The molecular formula is C18H16F6N4O4. The number of allylic oxidation sites excluding steroid dienone is 1. The Kier molecular flexibility index (Phi) is 5.22. The Morgan fingerprint density at radius 1 is 0.938 bits per heavy atom. The zero-order chi connectivity index (χ0) is 24.3. The standard InChI is InChI=1S/C18H16F6N4O4/c1-9-7-15(31,17(19,20)21)27(25-9)13(29)11-3-5-12(6-4-11)14(30)28-16(32,18(22,23)24)8-10(2)26-28/h3-6,8,25-26,31-32H,1,7H2,2H3. The minimum atomic E-state index is -5.24. The number of amides is 2. The Hall–Kier alpha value is -3.26. The van der Waals surface area contributed by atoms with Gasteiger partial charge in [-0.3, -0.25) is 20.4 Å². The maximum absolute atomic E-state index is 13.3. The molecule has 3 rings (SSSR count). The van der Waals surface area contributed by atoms with Gasteiger partial charge in [-0.25, -0.2) is 10.0 Å². The average Bonchev–Trinajstić information content (AvgIpc) is 3.16. The van der Waals surface area contributed by atoms with Crippen molar-refractivity contribution in [2.24, 2.45) is 0 Å². The predicted molar refractivity (Wildman–Crippen MR) is 94.6 cm³/mol. The summed E-state index contributed by atoms with van der Waals surface area (Å²) in [4.78, 5) is 25.1. The van der Waals surface area contributed by atoms with Crippen LogP contribution in [0.3, 0.4) is 0 Å². The molecule has 2 heterocycles. The molecule has 0 aromatic heterocycles. The number of rotatable bonds is 2. The second-order valence-corrected chi connectivity index (χ2v) is 7.23. The summed E-state index contributed by atoms with van der Waals surface area (Å²) >= 11 is 0. The Morgan fingerprint density at radius 3 is 1.84 bits per heavy atom. The SMILES string of the molecule is C=C1CC(O)(C(F)(F)F)N(C(=O)c2ccc(C(=O)N3NC(C)=CC3(O)C(F)(F)F)cc2)N1. The minimum absolute atomic E-state index is 0.0619. The molecule has 14 heteroatoms. The molecule has 4 N–H and O–H groups in total. The molecule has 2 amide bonds. The second kappa shape index (κ2) is 7.13. The number of nitrogens with zero attached hydrogens (tertiary/aromatic N) is 2. The van der Waals surface area contributed by atoms with Crippen LogP contribution >= 0.6 is 0 Å². The number of alkyl halides is 6. The van der Waals surface area contributed by atoms with Gasteiger partial charge in [-0.1, -0.05) is 6.58 Å². The lowest BCUT2D eigenvalue weighted by Gasteiger charge is -2.34. The molecule has 0 spiro atoms. The Labute approximate surface area is 176 Å². The minimum Gasteiger partial charge on any atom is -0.362 e. The summed E-state index contributed by atoms with van der Waals surface area (Å²) in [6.45, 7) is 4.45. The van der Waals surface area contributed by atoms with E-state index in [1.54, 1.807) is 0 Å². The molecule has 0 bridgehead atoms. The van der Waals surface area contributed by atoms with Gasteiger partial charge in [0.1, 0.15) is 0 Å². The molecule has 1 saturated heterocycles. The topological polar surface area (TPSA) is 105 Å². The summed E-state index contributed by atoms with van der Waals surface area (Å²) in [6, 6.07) is 3.55. The normalized spacial score (nSPS) is 26.0. The van der Waals surface area contributed by atoms with Gasteiger partial charge in [-0.15, -0.1) is 0 Å². The number of halogens is 6. The third-order valence-corrected chi connectivity index (χ3v) is 4.80. The van der Waals surface area contributed by atoms with Gasteiger partial charge in [0.25, 0.3) is 23.3 Å². The second-order valence-electron chi connectivity index (χ2n) is 7.23. The van der Waals surface area contributed by atoms with Crippen LogP contribution in [0.5, 0.6) is 0 Å². The molecule has 8 nitrogen and oxygen atoms in total. The Balaban J connectivity index is 1.86.